The monoisotopic (exact) mass is 536 g/mol. The van der Waals surface area contributed by atoms with Crippen LogP contribution in [0.2, 0.25) is 0 Å². The average molecular weight is 537 g/mol. The number of benzene rings is 1. The van der Waals surface area contributed by atoms with Crippen molar-refractivity contribution in [1.82, 2.24) is 10.6 Å². The van der Waals surface area contributed by atoms with Crippen LogP contribution in [0.25, 0.3) is 0 Å². The molecule has 2 amide bonds. The van der Waals surface area contributed by atoms with Gasteiger partial charge in [-0.25, -0.2) is 4.39 Å². The number of amides is 2. The third kappa shape index (κ3) is 7.15. The van der Waals surface area contributed by atoms with Gasteiger partial charge in [0.15, 0.2) is 11.6 Å². The molecule has 0 aromatic heterocycles. The predicted molar refractivity (Wildman–Crippen MR) is 139 cm³/mol. The summed E-state index contributed by atoms with van der Waals surface area (Å²) >= 11 is 0. The summed E-state index contributed by atoms with van der Waals surface area (Å²) in [4.78, 5) is 37.9. The largest absolute Gasteiger partial charge is 0.496 e. The van der Waals surface area contributed by atoms with Crippen LogP contribution < -0.4 is 20.1 Å². The van der Waals surface area contributed by atoms with E-state index in [-0.39, 0.29) is 40.6 Å². The number of halogens is 1. The van der Waals surface area contributed by atoms with Crippen LogP contribution in [0.3, 0.4) is 0 Å². The Morgan fingerprint density at radius 1 is 1.08 bits per heavy atom. The van der Waals surface area contributed by atoms with Gasteiger partial charge in [-0.2, -0.15) is 0 Å². The molecule has 2 aliphatic rings. The smallest absolute Gasteiger partial charge is 0.309 e. The van der Waals surface area contributed by atoms with Gasteiger partial charge in [-0.05, 0) is 56.9 Å². The molecule has 2 aliphatic carbocycles. The van der Waals surface area contributed by atoms with Gasteiger partial charge in [-0.3, -0.25) is 14.4 Å². The summed E-state index contributed by atoms with van der Waals surface area (Å²) < 4.78 is 31.5. The van der Waals surface area contributed by atoms with E-state index >= 15 is 0 Å². The lowest BCUT2D eigenvalue weighted by atomic mass is 9.75. The van der Waals surface area contributed by atoms with E-state index in [1.807, 2.05) is 20.8 Å². The molecule has 2 saturated carbocycles. The number of carboxylic acids is 1. The number of carbonyl (C=O) groups excluding carboxylic acids is 2. The fraction of sp³-hybridized carbons (Fsp3) is 0.679. The van der Waals surface area contributed by atoms with E-state index in [9.17, 15) is 23.9 Å². The summed E-state index contributed by atoms with van der Waals surface area (Å²) in [5.74, 6) is -2.71. The van der Waals surface area contributed by atoms with Crippen molar-refractivity contribution in [1.29, 1.82) is 0 Å². The van der Waals surface area contributed by atoms with Gasteiger partial charge in [0.25, 0.3) is 5.91 Å². The zero-order chi connectivity index (χ0) is 28.3. The molecule has 38 heavy (non-hydrogen) atoms. The first-order valence-electron chi connectivity index (χ1n) is 13.2. The lowest BCUT2D eigenvalue weighted by molar-refractivity contribution is -0.150. The summed E-state index contributed by atoms with van der Waals surface area (Å²) in [6.07, 6.45) is 2.15. The van der Waals surface area contributed by atoms with E-state index in [4.69, 9.17) is 14.2 Å². The third-order valence-corrected chi connectivity index (χ3v) is 7.64. The van der Waals surface area contributed by atoms with Gasteiger partial charge in [-0.1, -0.05) is 20.8 Å². The minimum atomic E-state index is -0.849. The number of carbonyl (C=O) groups is 3. The Morgan fingerprint density at radius 2 is 1.74 bits per heavy atom. The molecule has 1 aromatic rings. The van der Waals surface area contributed by atoms with Crippen LogP contribution in [-0.4, -0.2) is 61.9 Å². The Bertz CT molecular complexity index is 1030. The van der Waals surface area contributed by atoms with Gasteiger partial charge in [0.05, 0.1) is 36.2 Å². The van der Waals surface area contributed by atoms with E-state index in [1.54, 1.807) is 14.0 Å². The summed E-state index contributed by atoms with van der Waals surface area (Å²) in [5.41, 5.74) is -0.818. The summed E-state index contributed by atoms with van der Waals surface area (Å²) in [5, 5.41) is 15.4. The molecule has 9 nitrogen and oxygen atoms in total. The van der Waals surface area contributed by atoms with Crippen LogP contribution in [0.5, 0.6) is 11.5 Å². The van der Waals surface area contributed by atoms with Crippen molar-refractivity contribution in [2.24, 2.45) is 16.7 Å². The summed E-state index contributed by atoms with van der Waals surface area (Å²) in [6.45, 7) is 8.28. The predicted octanol–water partition coefficient (Wildman–Crippen LogP) is 3.93. The number of carboxylic acid groups (broad SMARTS) is 1. The molecule has 1 aromatic carbocycles. The zero-order valence-electron chi connectivity index (χ0n) is 23.2. The third-order valence-electron chi connectivity index (χ3n) is 7.64. The topological polar surface area (TPSA) is 123 Å². The van der Waals surface area contributed by atoms with Crippen molar-refractivity contribution in [3.05, 3.63) is 23.5 Å². The molecule has 3 N–H and O–H groups in total. The number of aliphatic carboxylic acids is 1. The fourth-order valence-electron chi connectivity index (χ4n) is 5.07. The van der Waals surface area contributed by atoms with Crippen molar-refractivity contribution in [3.8, 4) is 11.5 Å². The van der Waals surface area contributed by atoms with Gasteiger partial charge in [0.2, 0.25) is 5.91 Å². The van der Waals surface area contributed by atoms with Gasteiger partial charge in [-0.15, -0.1) is 0 Å². The lowest BCUT2D eigenvalue weighted by Crippen LogP contribution is -2.45. The molecule has 0 radical (unpaired) electrons. The van der Waals surface area contributed by atoms with Crippen molar-refractivity contribution in [3.63, 3.8) is 0 Å². The highest BCUT2D eigenvalue weighted by atomic mass is 19.1. The number of rotatable bonds is 9. The number of ether oxygens (including phenoxy) is 3. The van der Waals surface area contributed by atoms with Crippen LogP contribution in [0.4, 0.5) is 4.39 Å². The van der Waals surface area contributed by atoms with Gasteiger partial charge in [0.1, 0.15) is 5.75 Å². The van der Waals surface area contributed by atoms with Gasteiger partial charge >= 0.3 is 5.97 Å². The summed E-state index contributed by atoms with van der Waals surface area (Å²) in [6, 6.07) is 1.94. The Hall–Kier alpha value is -2.88. The molecule has 3 rings (SSSR count). The van der Waals surface area contributed by atoms with Gasteiger partial charge < -0.3 is 30.0 Å². The second kappa shape index (κ2) is 11.9. The Balaban J connectivity index is 1.75. The molecule has 0 bridgehead atoms. The molecule has 3 atom stereocenters. The van der Waals surface area contributed by atoms with Crippen LogP contribution in [0.15, 0.2) is 12.1 Å². The van der Waals surface area contributed by atoms with E-state index in [1.165, 1.54) is 13.2 Å². The maximum Gasteiger partial charge on any atom is 0.309 e. The standard InChI is InChI=1S/C28H41FN2O7/c1-27(2,3)15-30-24(32)18-11-17(36-5)12-21(18)31-25(33)19-13-23(20(29)14-22(19)37-6)38-16-7-9-28(4,10-8-16)26(34)35/h13-14,16-18,21H,7-12,15H2,1-6H3,(H,30,32)(H,31,33)(H,34,35)/t16-,17-,18-,21?,28+/m1/s1. The number of hydrogen-bond donors (Lipinski definition) is 3. The van der Waals surface area contributed by atoms with Crippen LogP contribution >= 0.6 is 0 Å². The number of nitrogens with one attached hydrogen (secondary N) is 2. The average Bonchev–Trinajstić information content (AvgIpc) is 3.27. The van der Waals surface area contributed by atoms with Crippen molar-refractivity contribution < 1.29 is 38.1 Å². The van der Waals surface area contributed by atoms with Gasteiger partial charge in [0, 0.05) is 25.8 Å². The molecule has 0 saturated heterocycles. The van der Waals surface area contributed by atoms with Crippen LogP contribution in [-0.2, 0) is 14.3 Å². The quantitative estimate of drug-likeness (QED) is 0.437. The first-order valence-corrected chi connectivity index (χ1v) is 13.2. The van der Waals surface area contributed by atoms with E-state index in [0.717, 1.165) is 6.07 Å². The SMILES string of the molecule is COc1cc(F)c(O[C@H]2CC[C@@](C)(C(=O)O)CC2)cc1C(=O)NC1C[C@H](OC)C[C@H]1C(=O)NCC(C)(C)C. The maximum absolute atomic E-state index is 14.9. The lowest BCUT2D eigenvalue weighted by Gasteiger charge is -2.34. The normalized spacial score (nSPS) is 27.4. The van der Waals surface area contributed by atoms with E-state index < -0.39 is 35.1 Å². The minimum absolute atomic E-state index is 0.0458. The second-order valence-electron chi connectivity index (χ2n) is 12.0. The second-order valence-corrected chi connectivity index (χ2v) is 12.0. The van der Waals surface area contributed by atoms with Crippen LogP contribution in [0.1, 0.15) is 76.6 Å². The minimum Gasteiger partial charge on any atom is -0.496 e. The van der Waals surface area contributed by atoms with Crippen molar-refractivity contribution in [2.45, 2.75) is 84.5 Å². The fourth-order valence-corrected chi connectivity index (χ4v) is 5.07. The van der Waals surface area contributed by atoms with Crippen molar-refractivity contribution in [2.75, 3.05) is 20.8 Å². The maximum atomic E-state index is 14.9. The molecular formula is C28H41FN2O7. The molecular weight excluding hydrogens is 495 g/mol. The first kappa shape index (κ1) is 29.7. The summed E-state index contributed by atoms with van der Waals surface area (Å²) in [7, 11) is 2.93. The molecule has 0 aliphatic heterocycles. The molecule has 2 fully saturated rings. The highest BCUT2D eigenvalue weighted by Crippen LogP contribution is 2.39. The molecule has 0 spiro atoms. The zero-order valence-corrected chi connectivity index (χ0v) is 23.2. The Morgan fingerprint density at radius 3 is 2.29 bits per heavy atom. The van der Waals surface area contributed by atoms with E-state index in [0.29, 0.717) is 45.1 Å². The van der Waals surface area contributed by atoms with Crippen LogP contribution in [0, 0.1) is 22.6 Å². The molecule has 212 valence electrons. The first-order chi connectivity index (χ1) is 17.8. The Kier molecular flexibility index (Phi) is 9.28. The molecule has 0 heterocycles. The number of methoxy groups -OCH3 is 2. The number of hydrogen-bond acceptors (Lipinski definition) is 6. The highest BCUT2D eigenvalue weighted by molar-refractivity contribution is 5.98. The Labute approximate surface area is 223 Å². The van der Waals surface area contributed by atoms with E-state index in [2.05, 4.69) is 10.6 Å². The molecule has 1 unspecified atom stereocenters. The highest BCUT2D eigenvalue weighted by Gasteiger charge is 2.41. The van der Waals surface area contributed by atoms with Crippen molar-refractivity contribution >= 4 is 17.8 Å². The molecule has 10 heteroatoms.